The van der Waals surface area contributed by atoms with Crippen molar-refractivity contribution in [3.05, 3.63) is 26.5 Å². The van der Waals surface area contributed by atoms with Crippen molar-refractivity contribution in [2.24, 2.45) is 17.0 Å². The summed E-state index contributed by atoms with van der Waals surface area (Å²) in [4.78, 5) is 33.3. The molecule has 10 heteroatoms. The maximum atomic E-state index is 13.0. The monoisotopic (exact) mass is 425 g/mol. The molecule has 0 bridgehead atoms. The van der Waals surface area contributed by atoms with E-state index in [1.165, 1.54) is 11.3 Å². The van der Waals surface area contributed by atoms with Gasteiger partial charge in [0.2, 0.25) is 5.91 Å². The minimum atomic E-state index is -0.938. The third-order valence-corrected chi connectivity index (χ3v) is 5.93. The summed E-state index contributed by atoms with van der Waals surface area (Å²) in [6.07, 6.45) is 0.0139. The molecule has 0 aromatic carbocycles. The molecule has 9 nitrogen and oxygen atoms in total. The largest absolute Gasteiger partial charge is 0.461 e. The van der Waals surface area contributed by atoms with Crippen molar-refractivity contribution in [2.45, 2.75) is 65.6 Å². The Morgan fingerprint density at radius 1 is 1.38 bits per heavy atom. The Labute approximate surface area is 175 Å². The van der Waals surface area contributed by atoms with Crippen LogP contribution in [0.2, 0.25) is 0 Å². The van der Waals surface area contributed by atoms with Gasteiger partial charge in [0.15, 0.2) is 5.69 Å². The molecule has 0 aliphatic rings. The van der Waals surface area contributed by atoms with E-state index in [0.717, 1.165) is 0 Å². The molecular weight excluding hydrogens is 394 g/mol. The molecular formula is C19H31N5O4S. The number of thiazole rings is 1. The summed E-state index contributed by atoms with van der Waals surface area (Å²) < 4.78 is 4.92. The van der Waals surface area contributed by atoms with Gasteiger partial charge >= 0.3 is 5.97 Å². The highest BCUT2D eigenvalue weighted by Gasteiger charge is 2.33. The van der Waals surface area contributed by atoms with Crippen LogP contribution in [0, 0.1) is 11.8 Å². The Bertz CT molecular complexity index is 732. The van der Waals surface area contributed by atoms with Gasteiger partial charge in [-0.2, -0.15) is 0 Å². The van der Waals surface area contributed by atoms with Crippen LogP contribution in [0.4, 0.5) is 0 Å². The average molecular weight is 426 g/mol. The highest BCUT2D eigenvalue weighted by atomic mass is 32.1. The molecule has 1 aromatic rings. The van der Waals surface area contributed by atoms with Crippen LogP contribution in [-0.2, 0) is 9.53 Å². The first-order chi connectivity index (χ1) is 13.7. The molecule has 0 radical (unpaired) electrons. The van der Waals surface area contributed by atoms with Crippen molar-refractivity contribution in [1.82, 2.24) is 9.88 Å². The maximum Gasteiger partial charge on any atom is 0.357 e. The van der Waals surface area contributed by atoms with Crippen molar-refractivity contribution < 1.29 is 19.4 Å². The highest BCUT2D eigenvalue weighted by molar-refractivity contribution is 7.09. The number of amides is 1. The molecule has 0 fully saturated rings. The Morgan fingerprint density at radius 2 is 2.03 bits per heavy atom. The van der Waals surface area contributed by atoms with Crippen LogP contribution in [0.15, 0.2) is 10.5 Å². The number of carbonyl (C=O) groups excluding carboxylic acids is 2. The van der Waals surface area contributed by atoms with E-state index in [4.69, 9.17) is 10.3 Å². The molecule has 1 N–H and O–H groups in total. The fourth-order valence-corrected chi connectivity index (χ4v) is 3.79. The van der Waals surface area contributed by atoms with Crippen LogP contribution in [-0.4, -0.2) is 52.6 Å². The maximum absolute atomic E-state index is 13.0. The Hall–Kier alpha value is -2.16. The summed E-state index contributed by atoms with van der Waals surface area (Å²) in [7, 11) is 1.66. The molecule has 0 spiro atoms. The van der Waals surface area contributed by atoms with E-state index in [1.54, 1.807) is 24.3 Å². The molecule has 0 saturated carbocycles. The number of azide groups is 1. The SMILES string of the molecule is CCOC(=O)c1csc([C@H](O)C[C@@H](C(C)C)N(C)C(=O)[C@@H](N=[N+]=[N-])C(C)CC)n1. The summed E-state index contributed by atoms with van der Waals surface area (Å²) in [5, 5.41) is 16.3. The number of aromatic nitrogens is 1. The van der Waals surface area contributed by atoms with Crippen molar-refractivity contribution in [3.8, 4) is 0 Å². The number of aliphatic hydroxyl groups excluding tert-OH is 1. The topological polar surface area (TPSA) is 128 Å². The molecule has 1 rings (SSSR count). The molecule has 0 saturated heterocycles. The Morgan fingerprint density at radius 3 is 2.55 bits per heavy atom. The number of esters is 1. The third-order valence-electron chi connectivity index (χ3n) is 4.98. The molecule has 29 heavy (non-hydrogen) atoms. The van der Waals surface area contributed by atoms with E-state index in [0.29, 0.717) is 11.4 Å². The fourth-order valence-electron chi connectivity index (χ4n) is 3.00. The van der Waals surface area contributed by atoms with Gasteiger partial charge in [-0.25, -0.2) is 9.78 Å². The number of hydrogen-bond acceptors (Lipinski definition) is 7. The number of hydrogen-bond donors (Lipinski definition) is 1. The minimum Gasteiger partial charge on any atom is -0.461 e. The van der Waals surface area contributed by atoms with Crippen LogP contribution < -0.4 is 0 Å². The van der Waals surface area contributed by atoms with Crippen molar-refractivity contribution in [3.63, 3.8) is 0 Å². The van der Waals surface area contributed by atoms with Crippen LogP contribution >= 0.6 is 11.3 Å². The standard InChI is InChI=1S/C19H31N5O4S/c1-7-12(5)16(22-23-20)18(26)24(6)14(11(3)4)9-15(25)17-21-13(10-29-17)19(27)28-8-2/h10-12,14-16,25H,7-9H2,1-6H3/t12?,14-,15+,16-/m0/s1. The second-order valence-corrected chi connectivity index (χ2v) is 8.23. The highest BCUT2D eigenvalue weighted by Crippen LogP contribution is 2.28. The summed E-state index contributed by atoms with van der Waals surface area (Å²) in [6.45, 7) is 9.68. The lowest BCUT2D eigenvalue weighted by Gasteiger charge is -2.35. The predicted molar refractivity (Wildman–Crippen MR) is 111 cm³/mol. The lowest BCUT2D eigenvalue weighted by molar-refractivity contribution is -0.136. The number of rotatable bonds is 11. The van der Waals surface area contributed by atoms with E-state index in [2.05, 4.69) is 15.0 Å². The van der Waals surface area contributed by atoms with Gasteiger partial charge in [0.25, 0.3) is 0 Å². The zero-order chi connectivity index (χ0) is 22.1. The summed E-state index contributed by atoms with van der Waals surface area (Å²) in [6, 6.07) is -1.09. The smallest absolute Gasteiger partial charge is 0.357 e. The van der Waals surface area contributed by atoms with Crippen LogP contribution in [0.5, 0.6) is 0 Å². The van der Waals surface area contributed by atoms with Crippen molar-refractivity contribution in [1.29, 1.82) is 0 Å². The lowest BCUT2D eigenvalue weighted by Crippen LogP contribution is -2.47. The normalized spacial score (nSPS) is 15.2. The zero-order valence-corrected chi connectivity index (χ0v) is 18.7. The number of likely N-dealkylation sites (N-methyl/N-ethyl adjacent to an activating group) is 1. The van der Waals surface area contributed by atoms with Gasteiger partial charge in [-0.15, -0.1) is 11.3 Å². The summed E-state index contributed by atoms with van der Waals surface area (Å²) >= 11 is 1.18. The van der Waals surface area contributed by atoms with Gasteiger partial charge in [0, 0.05) is 29.8 Å². The second-order valence-electron chi connectivity index (χ2n) is 7.34. The van der Waals surface area contributed by atoms with E-state index in [-0.39, 0.29) is 42.5 Å². The minimum absolute atomic E-state index is 0.0479. The number of nitrogens with zero attached hydrogens (tertiary/aromatic N) is 5. The molecule has 1 aromatic heterocycles. The number of carbonyl (C=O) groups is 2. The first-order valence-corrected chi connectivity index (χ1v) is 10.7. The van der Waals surface area contributed by atoms with E-state index >= 15 is 0 Å². The van der Waals surface area contributed by atoms with Gasteiger partial charge in [0.05, 0.1) is 6.61 Å². The molecule has 162 valence electrons. The Balaban J connectivity index is 2.98. The van der Waals surface area contributed by atoms with Crippen LogP contribution in [0.3, 0.4) is 0 Å². The third kappa shape index (κ3) is 6.69. The molecule has 4 atom stereocenters. The van der Waals surface area contributed by atoms with E-state index in [9.17, 15) is 14.7 Å². The van der Waals surface area contributed by atoms with E-state index in [1.807, 2.05) is 27.7 Å². The molecule has 1 heterocycles. The molecule has 1 amide bonds. The van der Waals surface area contributed by atoms with Crippen LogP contribution in [0.25, 0.3) is 10.4 Å². The molecule has 0 aliphatic carbocycles. The fraction of sp³-hybridized carbons (Fsp3) is 0.737. The van der Waals surface area contributed by atoms with Crippen molar-refractivity contribution in [2.75, 3.05) is 13.7 Å². The first-order valence-electron chi connectivity index (χ1n) is 9.79. The predicted octanol–water partition coefficient (Wildman–Crippen LogP) is 3.95. The van der Waals surface area contributed by atoms with Crippen molar-refractivity contribution >= 4 is 23.2 Å². The molecule has 1 unspecified atom stereocenters. The number of ether oxygens (including phenoxy) is 1. The first kappa shape index (κ1) is 24.9. The van der Waals surface area contributed by atoms with Gasteiger partial charge in [-0.1, -0.05) is 39.2 Å². The van der Waals surface area contributed by atoms with Gasteiger partial charge in [0.1, 0.15) is 17.2 Å². The average Bonchev–Trinajstić information content (AvgIpc) is 3.19. The summed E-state index contributed by atoms with van der Waals surface area (Å²) in [5.74, 6) is -0.841. The van der Waals surface area contributed by atoms with E-state index < -0.39 is 18.1 Å². The second kappa shape index (κ2) is 11.7. The van der Waals surface area contributed by atoms with Crippen LogP contribution in [0.1, 0.15) is 69.1 Å². The van der Waals surface area contributed by atoms with Gasteiger partial charge < -0.3 is 14.7 Å². The Kier molecular flexibility index (Phi) is 10.1. The zero-order valence-electron chi connectivity index (χ0n) is 17.9. The quantitative estimate of drug-likeness (QED) is 0.248. The lowest BCUT2D eigenvalue weighted by atomic mass is 9.93. The molecule has 0 aliphatic heterocycles. The van der Waals surface area contributed by atoms with Gasteiger partial charge in [-0.3, -0.25) is 4.79 Å². The summed E-state index contributed by atoms with van der Waals surface area (Å²) in [5.41, 5.74) is 9.01. The van der Waals surface area contributed by atoms with Gasteiger partial charge in [-0.05, 0) is 24.3 Å². The number of aliphatic hydroxyl groups is 1.